The third-order valence-corrected chi connectivity index (χ3v) is 3.40. The Hall–Kier alpha value is -1.75. The quantitative estimate of drug-likeness (QED) is 0.881. The van der Waals surface area contributed by atoms with Crippen LogP contribution in [0, 0.1) is 11.6 Å². The van der Waals surface area contributed by atoms with E-state index in [0.717, 1.165) is 5.69 Å². The number of aromatic nitrogens is 2. The lowest BCUT2D eigenvalue weighted by atomic mass is 10.0. The normalized spacial score (nSPS) is 12.9. The highest BCUT2D eigenvalue weighted by Gasteiger charge is 2.20. The van der Waals surface area contributed by atoms with Crippen molar-refractivity contribution in [1.82, 2.24) is 15.1 Å². The zero-order valence-corrected chi connectivity index (χ0v) is 12.6. The number of hydrogen-bond acceptors (Lipinski definition) is 2. The smallest absolute Gasteiger partial charge is 0.130 e. The molecule has 0 amide bonds. The summed E-state index contributed by atoms with van der Waals surface area (Å²) >= 11 is 0. The maximum absolute atomic E-state index is 14.0. The predicted molar refractivity (Wildman–Crippen MR) is 79.1 cm³/mol. The SMILES string of the molecule is CCNC(Cc1ccn(C(C)C)n1)c1c(F)cccc1F. The molecule has 0 spiro atoms. The molecule has 2 aromatic rings. The Morgan fingerprint density at radius 3 is 2.38 bits per heavy atom. The molecule has 21 heavy (non-hydrogen) atoms. The summed E-state index contributed by atoms with van der Waals surface area (Å²) in [5, 5.41) is 7.59. The van der Waals surface area contributed by atoms with Gasteiger partial charge in [-0.25, -0.2) is 8.78 Å². The second-order valence-corrected chi connectivity index (χ2v) is 5.33. The van der Waals surface area contributed by atoms with Crippen molar-refractivity contribution in [3.05, 3.63) is 53.4 Å². The van der Waals surface area contributed by atoms with E-state index in [1.807, 2.05) is 37.7 Å². The summed E-state index contributed by atoms with van der Waals surface area (Å²) in [4.78, 5) is 0. The summed E-state index contributed by atoms with van der Waals surface area (Å²) in [6, 6.07) is 5.69. The molecule has 1 unspecified atom stereocenters. The van der Waals surface area contributed by atoms with Crippen molar-refractivity contribution in [3.8, 4) is 0 Å². The van der Waals surface area contributed by atoms with Crippen LogP contribution in [-0.4, -0.2) is 16.3 Å². The Labute approximate surface area is 124 Å². The molecular formula is C16H21F2N3. The van der Waals surface area contributed by atoms with E-state index >= 15 is 0 Å². The molecule has 1 heterocycles. The fourth-order valence-corrected chi connectivity index (χ4v) is 2.35. The average Bonchev–Trinajstić information content (AvgIpc) is 2.87. The molecule has 3 nitrogen and oxygen atoms in total. The van der Waals surface area contributed by atoms with Gasteiger partial charge < -0.3 is 5.32 Å². The number of rotatable bonds is 6. The van der Waals surface area contributed by atoms with Gasteiger partial charge in [-0.15, -0.1) is 0 Å². The molecule has 0 aliphatic carbocycles. The molecule has 1 aromatic heterocycles. The Balaban J connectivity index is 2.26. The van der Waals surface area contributed by atoms with Crippen LogP contribution in [0.1, 0.15) is 44.1 Å². The molecule has 0 fully saturated rings. The third kappa shape index (κ3) is 3.67. The van der Waals surface area contributed by atoms with E-state index in [-0.39, 0.29) is 11.6 Å². The lowest BCUT2D eigenvalue weighted by Gasteiger charge is -2.18. The number of benzene rings is 1. The average molecular weight is 293 g/mol. The molecule has 1 aromatic carbocycles. The van der Waals surface area contributed by atoms with Crippen LogP contribution in [0.3, 0.4) is 0 Å². The Kier molecular flexibility index (Phi) is 5.07. The molecule has 1 atom stereocenters. The number of nitrogens with zero attached hydrogens (tertiary/aromatic N) is 2. The molecule has 0 bridgehead atoms. The van der Waals surface area contributed by atoms with Crippen LogP contribution in [0.15, 0.2) is 30.5 Å². The van der Waals surface area contributed by atoms with Crippen molar-refractivity contribution in [2.75, 3.05) is 6.54 Å². The number of hydrogen-bond donors (Lipinski definition) is 1. The molecule has 0 aliphatic rings. The third-order valence-electron chi connectivity index (χ3n) is 3.40. The largest absolute Gasteiger partial charge is 0.310 e. The fraction of sp³-hybridized carbons (Fsp3) is 0.438. The maximum Gasteiger partial charge on any atom is 0.130 e. The van der Waals surface area contributed by atoms with Gasteiger partial charge in [-0.05, 0) is 38.6 Å². The first kappa shape index (κ1) is 15.6. The van der Waals surface area contributed by atoms with Crippen LogP contribution in [0.25, 0.3) is 0 Å². The first-order chi connectivity index (χ1) is 10.0. The van der Waals surface area contributed by atoms with Gasteiger partial charge in [0.05, 0.1) is 5.69 Å². The van der Waals surface area contributed by atoms with E-state index in [1.54, 1.807) is 0 Å². The Morgan fingerprint density at radius 1 is 1.19 bits per heavy atom. The summed E-state index contributed by atoms with van der Waals surface area (Å²) in [6.07, 6.45) is 2.34. The molecular weight excluding hydrogens is 272 g/mol. The highest BCUT2D eigenvalue weighted by molar-refractivity contribution is 5.25. The van der Waals surface area contributed by atoms with Crippen LogP contribution >= 0.6 is 0 Å². The molecule has 5 heteroatoms. The Morgan fingerprint density at radius 2 is 1.86 bits per heavy atom. The van der Waals surface area contributed by atoms with E-state index in [0.29, 0.717) is 13.0 Å². The van der Waals surface area contributed by atoms with Gasteiger partial charge in [-0.3, -0.25) is 4.68 Å². The van der Waals surface area contributed by atoms with E-state index in [1.165, 1.54) is 18.2 Å². The topological polar surface area (TPSA) is 29.9 Å². The molecule has 1 N–H and O–H groups in total. The number of likely N-dealkylation sites (N-methyl/N-ethyl adjacent to an activating group) is 1. The highest BCUT2D eigenvalue weighted by Crippen LogP contribution is 2.24. The van der Waals surface area contributed by atoms with Gasteiger partial charge >= 0.3 is 0 Å². The zero-order chi connectivity index (χ0) is 15.4. The molecule has 0 saturated heterocycles. The van der Waals surface area contributed by atoms with Gasteiger partial charge in [0, 0.05) is 30.3 Å². The first-order valence-corrected chi connectivity index (χ1v) is 7.24. The second kappa shape index (κ2) is 6.80. The zero-order valence-electron chi connectivity index (χ0n) is 12.6. The second-order valence-electron chi connectivity index (χ2n) is 5.33. The van der Waals surface area contributed by atoms with Gasteiger partial charge in [0.15, 0.2) is 0 Å². The van der Waals surface area contributed by atoms with Gasteiger partial charge in [0.2, 0.25) is 0 Å². The van der Waals surface area contributed by atoms with Crippen molar-refractivity contribution < 1.29 is 8.78 Å². The number of nitrogens with one attached hydrogen (secondary N) is 1. The van der Waals surface area contributed by atoms with Crippen molar-refractivity contribution in [3.63, 3.8) is 0 Å². The summed E-state index contributed by atoms with van der Waals surface area (Å²) < 4.78 is 29.8. The van der Waals surface area contributed by atoms with Gasteiger partial charge in [0.1, 0.15) is 11.6 Å². The predicted octanol–water partition coefficient (Wildman–Crippen LogP) is 3.64. The van der Waals surface area contributed by atoms with E-state index in [4.69, 9.17) is 0 Å². The summed E-state index contributed by atoms with van der Waals surface area (Å²) in [5.41, 5.74) is 0.899. The van der Waals surface area contributed by atoms with Crippen LogP contribution < -0.4 is 5.32 Å². The monoisotopic (exact) mass is 293 g/mol. The minimum Gasteiger partial charge on any atom is -0.310 e. The van der Waals surface area contributed by atoms with Crippen molar-refractivity contribution in [2.45, 2.75) is 39.3 Å². The van der Waals surface area contributed by atoms with Gasteiger partial charge in [0.25, 0.3) is 0 Å². The molecule has 0 radical (unpaired) electrons. The van der Waals surface area contributed by atoms with Gasteiger partial charge in [-0.1, -0.05) is 13.0 Å². The van der Waals surface area contributed by atoms with Crippen LogP contribution in [-0.2, 0) is 6.42 Å². The van der Waals surface area contributed by atoms with Crippen LogP contribution in [0.4, 0.5) is 8.78 Å². The van der Waals surface area contributed by atoms with Gasteiger partial charge in [-0.2, -0.15) is 5.10 Å². The Bertz CT molecular complexity index is 573. The minimum atomic E-state index is -0.524. The lowest BCUT2D eigenvalue weighted by Crippen LogP contribution is -2.25. The van der Waals surface area contributed by atoms with Crippen molar-refractivity contribution >= 4 is 0 Å². The maximum atomic E-state index is 14.0. The standard InChI is InChI=1S/C16H21F2N3/c1-4-19-15(16-13(17)6-5-7-14(16)18)10-12-8-9-21(20-12)11(2)3/h5-9,11,15,19H,4,10H2,1-3H3. The van der Waals surface area contributed by atoms with E-state index in [9.17, 15) is 8.78 Å². The summed E-state index contributed by atoms with van der Waals surface area (Å²) in [5.74, 6) is -1.05. The summed E-state index contributed by atoms with van der Waals surface area (Å²) in [7, 11) is 0. The minimum absolute atomic E-state index is 0.0819. The highest BCUT2D eigenvalue weighted by atomic mass is 19.1. The van der Waals surface area contributed by atoms with Crippen molar-refractivity contribution in [2.24, 2.45) is 0 Å². The first-order valence-electron chi connectivity index (χ1n) is 7.24. The van der Waals surface area contributed by atoms with Crippen LogP contribution in [0.2, 0.25) is 0 Å². The molecule has 0 aliphatic heterocycles. The van der Waals surface area contributed by atoms with Crippen molar-refractivity contribution in [1.29, 1.82) is 0 Å². The van der Waals surface area contributed by atoms with E-state index < -0.39 is 17.7 Å². The number of halogens is 2. The lowest BCUT2D eigenvalue weighted by molar-refractivity contribution is 0.464. The molecule has 0 saturated carbocycles. The van der Waals surface area contributed by atoms with E-state index in [2.05, 4.69) is 10.4 Å². The van der Waals surface area contributed by atoms with Crippen LogP contribution in [0.5, 0.6) is 0 Å². The molecule has 2 rings (SSSR count). The summed E-state index contributed by atoms with van der Waals surface area (Å²) in [6.45, 7) is 6.62. The fourth-order valence-electron chi connectivity index (χ4n) is 2.35. The molecule has 114 valence electrons.